The van der Waals surface area contributed by atoms with Crippen LogP contribution in [0.15, 0.2) is 11.6 Å². The Bertz CT molecular complexity index is 348. The van der Waals surface area contributed by atoms with Crippen LogP contribution in [0.2, 0.25) is 0 Å². The molecule has 2 atom stereocenters. The van der Waals surface area contributed by atoms with E-state index in [1.54, 1.807) is 11.3 Å². The second-order valence-electron chi connectivity index (χ2n) is 5.45. The van der Waals surface area contributed by atoms with Crippen LogP contribution in [0.4, 0.5) is 0 Å². The highest BCUT2D eigenvalue weighted by Crippen LogP contribution is 2.34. The van der Waals surface area contributed by atoms with Crippen LogP contribution < -0.4 is 5.32 Å². The number of nitrogens with one attached hydrogen (secondary N) is 1. The molecule has 17 heavy (non-hydrogen) atoms. The number of hydrogen-bond donors (Lipinski definition) is 1. The molecule has 0 saturated carbocycles. The van der Waals surface area contributed by atoms with Crippen molar-refractivity contribution in [2.24, 2.45) is 0 Å². The molecule has 2 heterocycles. The zero-order valence-electron chi connectivity index (χ0n) is 11.2. The van der Waals surface area contributed by atoms with Crippen molar-refractivity contribution in [2.45, 2.75) is 51.2 Å². The molecule has 0 spiro atoms. The highest BCUT2D eigenvalue weighted by atomic mass is 32.1. The Kier molecular flexibility index (Phi) is 3.85. The molecule has 0 bridgehead atoms. The highest BCUT2D eigenvalue weighted by molar-refractivity contribution is 7.09. The Morgan fingerprint density at radius 1 is 1.53 bits per heavy atom. The summed E-state index contributed by atoms with van der Waals surface area (Å²) in [7, 11) is 2.07. The number of hydrogen-bond acceptors (Lipinski definition) is 4. The molecule has 4 heteroatoms. The van der Waals surface area contributed by atoms with E-state index in [0.717, 1.165) is 6.54 Å². The first kappa shape index (κ1) is 13.0. The van der Waals surface area contributed by atoms with Gasteiger partial charge in [0.15, 0.2) is 0 Å². The van der Waals surface area contributed by atoms with Crippen molar-refractivity contribution < 1.29 is 0 Å². The lowest BCUT2D eigenvalue weighted by atomic mass is 9.92. The van der Waals surface area contributed by atoms with Gasteiger partial charge in [-0.3, -0.25) is 4.90 Å². The fraction of sp³-hybridized carbons (Fsp3) is 0.769. The van der Waals surface area contributed by atoms with E-state index in [0.29, 0.717) is 12.1 Å². The van der Waals surface area contributed by atoms with Gasteiger partial charge in [0.25, 0.3) is 0 Å². The summed E-state index contributed by atoms with van der Waals surface area (Å²) in [6.45, 7) is 8.07. The molecule has 1 N–H and O–H groups in total. The third kappa shape index (κ3) is 2.54. The summed E-state index contributed by atoms with van der Waals surface area (Å²) >= 11 is 1.76. The molecule has 1 fully saturated rings. The molecule has 0 aromatic carbocycles. The van der Waals surface area contributed by atoms with Crippen molar-refractivity contribution in [3.8, 4) is 0 Å². The number of nitrogens with zero attached hydrogens (tertiary/aromatic N) is 2. The third-order valence-electron chi connectivity index (χ3n) is 3.96. The maximum absolute atomic E-state index is 4.50. The molecule has 0 radical (unpaired) electrons. The van der Waals surface area contributed by atoms with Crippen LogP contribution in [0, 0.1) is 0 Å². The van der Waals surface area contributed by atoms with Gasteiger partial charge in [0.2, 0.25) is 0 Å². The lowest BCUT2D eigenvalue weighted by Gasteiger charge is -2.46. The van der Waals surface area contributed by atoms with E-state index < -0.39 is 0 Å². The largest absolute Gasteiger partial charge is 0.317 e. The Labute approximate surface area is 108 Å². The van der Waals surface area contributed by atoms with Gasteiger partial charge < -0.3 is 5.32 Å². The van der Waals surface area contributed by atoms with Gasteiger partial charge in [0.05, 0.1) is 5.54 Å². The first-order valence-corrected chi connectivity index (χ1v) is 7.27. The average molecular weight is 253 g/mol. The van der Waals surface area contributed by atoms with Gasteiger partial charge in [0.1, 0.15) is 5.01 Å². The summed E-state index contributed by atoms with van der Waals surface area (Å²) in [6, 6.07) is 1.29. The maximum atomic E-state index is 4.50. The first-order chi connectivity index (χ1) is 8.05. The second-order valence-corrected chi connectivity index (χ2v) is 6.34. The van der Waals surface area contributed by atoms with Crippen molar-refractivity contribution in [1.82, 2.24) is 15.2 Å². The van der Waals surface area contributed by atoms with Crippen molar-refractivity contribution in [3.05, 3.63) is 16.6 Å². The summed E-state index contributed by atoms with van der Waals surface area (Å²) in [5, 5.41) is 6.70. The third-order valence-corrected chi connectivity index (χ3v) is 5.04. The van der Waals surface area contributed by atoms with Gasteiger partial charge in [-0.25, -0.2) is 4.98 Å². The molecular formula is C13H23N3S. The minimum atomic E-state index is 0.0618. The van der Waals surface area contributed by atoms with Crippen LogP contribution in [0.5, 0.6) is 0 Å². The van der Waals surface area contributed by atoms with Crippen LogP contribution in [-0.4, -0.2) is 35.6 Å². The van der Waals surface area contributed by atoms with Crippen LogP contribution >= 0.6 is 11.3 Å². The quantitative estimate of drug-likeness (QED) is 0.897. The Hall–Kier alpha value is -0.450. The molecule has 1 aromatic rings. The van der Waals surface area contributed by atoms with E-state index in [4.69, 9.17) is 0 Å². The SMILES string of the molecule is CNC1CCN(C(C)(C)c2nccs2)C(C)C1. The summed E-state index contributed by atoms with van der Waals surface area (Å²) in [4.78, 5) is 7.09. The molecule has 1 aliphatic heterocycles. The predicted molar refractivity (Wildman–Crippen MR) is 73.4 cm³/mol. The summed E-state index contributed by atoms with van der Waals surface area (Å²) in [5.41, 5.74) is 0.0618. The smallest absolute Gasteiger partial charge is 0.112 e. The number of likely N-dealkylation sites (tertiary alicyclic amines) is 1. The van der Waals surface area contributed by atoms with E-state index in [1.165, 1.54) is 17.8 Å². The lowest BCUT2D eigenvalue weighted by Crippen LogP contribution is -2.53. The molecule has 0 aliphatic carbocycles. The molecule has 2 unspecified atom stereocenters. The number of thiazole rings is 1. The van der Waals surface area contributed by atoms with E-state index >= 15 is 0 Å². The topological polar surface area (TPSA) is 28.2 Å². The molecule has 3 nitrogen and oxygen atoms in total. The van der Waals surface area contributed by atoms with Gasteiger partial charge in [-0.05, 0) is 40.7 Å². The maximum Gasteiger partial charge on any atom is 0.112 e. The van der Waals surface area contributed by atoms with Crippen LogP contribution in [0.3, 0.4) is 0 Å². The van der Waals surface area contributed by atoms with E-state index in [2.05, 4.69) is 48.4 Å². The van der Waals surface area contributed by atoms with Gasteiger partial charge >= 0.3 is 0 Å². The Morgan fingerprint density at radius 2 is 2.29 bits per heavy atom. The highest BCUT2D eigenvalue weighted by Gasteiger charge is 2.37. The standard InChI is InChI=1S/C13H23N3S/c1-10-9-11(14-4)5-7-16(10)13(2,3)12-15-6-8-17-12/h6,8,10-11,14H,5,7,9H2,1-4H3. The number of piperidine rings is 1. The van der Waals surface area contributed by atoms with Gasteiger partial charge in [-0.1, -0.05) is 0 Å². The van der Waals surface area contributed by atoms with Crippen molar-refractivity contribution in [2.75, 3.05) is 13.6 Å². The Morgan fingerprint density at radius 3 is 2.82 bits per heavy atom. The Balaban J connectivity index is 2.12. The van der Waals surface area contributed by atoms with E-state index in [9.17, 15) is 0 Å². The number of rotatable bonds is 3. The summed E-state index contributed by atoms with van der Waals surface area (Å²) in [5.74, 6) is 0. The molecule has 2 rings (SSSR count). The van der Waals surface area contributed by atoms with Crippen LogP contribution in [0.25, 0.3) is 0 Å². The lowest BCUT2D eigenvalue weighted by molar-refractivity contribution is 0.0353. The van der Waals surface area contributed by atoms with Gasteiger partial charge in [-0.15, -0.1) is 11.3 Å². The van der Waals surface area contributed by atoms with Crippen molar-refractivity contribution in [1.29, 1.82) is 0 Å². The van der Waals surface area contributed by atoms with E-state index in [1.807, 2.05) is 6.20 Å². The molecular weight excluding hydrogens is 230 g/mol. The molecule has 0 amide bonds. The molecule has 1 saturated heterocycles. The monoisotopic (exact) mass is 253 g/mol. The zero-order valence-corrected chi connectivity index (χ0v) is 12.0. The van der Waals surface area contributed by atoms with Gasteiger partial charge in [0, 0.05) is 30.2 Å². The minimum Gasteiger partial charge on any atom is -0.317 e. The van der Waals surface area contributed by atoms with Crippen molar-refractivity contribution >= 4 is 11.3 Å². The normalized spacial score (nSPS) is 27.3. The predicted octanol–water partition coefficient (Wildman–Crippen LogP) is 2.45. The second kappa shape index (κ2) is 5.04. The molecule has 1 aromatic heterocycles. The fourth-order valence-electron chi connectivity index (χ4n) is 2.91. The van der Waals surface area contributed by atoms with Crippen molar-refractivity contribution in [3.63, 3.8) is 0 Å². The average Bonchev–Trinajstić information content (AvgIpc) is 2.82. The van der Waals surface area contributed by atoms with Gasteiger partial charge in [-0.2, -0.15) is 0 Å². The number of aromatic nitrogens is 1. The van der Waals surface area contributed by atoms with E-state index in [-0.39, 0.29) is 5.54 Å². The fourth-order valence-corrected chi connectivity index (χ4v) is 3.69. The molecule has 96 valence electrons. The summed E-state index contributed by atoms with van der Waals surface area (Å²) in [6.07, 6.45) is 4.37. The first-order valence-electron chi connectivity index (χ1n) is 6.39. The minimum absolute atomic E-state index is 0.0618. The summed E-state index contributed by atoms with van der Waals surface area (Å²) < 4.78 is 0. The molecule has 1 aliphatic rings. The zero-order chi connectivity index (χ0) is 12.5. The van der Waals surface area contributed by atoms with Crippen LogP contribution in [0.1, 0.15) is 38.6 Å². The van der Waals surface area contributed by atoms with Crippen LogP contribution in [-0.2, 0) is 5.54 Å².